The van der Waals surface area contributed by atoms with Crippen LogP contribution >= 0.6 is 0 Å². The van der Waals surface area contributed by atoms with Gasteiger partial charge in [0.25, 0.3) is 10.0 Å². The number of aliphatic hydroxyl groups is 1. The van der Waals surface area contributed by atoms with Crippen molar-refractivity contribution in [2.45, 2.75) is 57.3 Å². The van der Waals surface area contributed by atoms with Crippen molar-refractivity contribution in [1.82, 2.24) is 33.6 Å². The van der Waals surface area contributed by atoms with Crippen LogP contribution in [0.2, 0.25) is 0 Å². The maximum atomic E-state index is 12.9. The Morgan fingerprint density at radius 1 is 1.24 bits per heavy atom. The lowest BCUT2D eigenvalue weighted by atomic mass is 9.95. The van der Waals surface area contributed by atoms with Gasteiger partial charge in [-0.25, -0.2) is 23.4 Å². The van der Waals surface area contributed by atoms with Crippen LogP contribution in [0.25, 0.3) is 11.3 Å². The predicted molar refractivity (Wildman–Crippen MR) is 127 cm³/mol. The molecular formula is C22H32N8O3S. The fourth-order valence-electron chi connectivity index (χ4n) is 4.13. The zero-order chi connectivity index (χ0) is 24.7. The number of hydrogen-bond acceptors (Lipinski definition) is 8. The molecule has 2 N–H and O–H groups in total. The summed E-state index contributed by atoms with van der Waals surface area (Å²) in [7, 11) is -1.87. The Hall–Kier alpha value is -2.83. The number of rotatable bonds is 7. The second kappa shape index (κ2) is 9.08. The molecule has 0 aliphatic carbocycles. The third-order valence-electron chi connectivity index (χ3n) is 5.90. The maximum Gasteiger partial charge on any atom is 0.262 e. The summed E-state index contributed by atoms with van der Waals surface area (Å²) in [6.07, 6.45) is 9.00. The molecule has 11 nitrogen and oxygen atoms in total. The van der Waals surface area contributed by atoms with Crippen LogP contribution < -0.4 is 5.32 Å². The first-order chi connectivity index (χ1) is 15.9. The van der Waals surface area contributed by atoms with E-state index in [1.165, 1.54) is 16.8 Å². The van der Waals surface area contributed by atoms with E-state index in [2.05, 4.69) is 20.4 Å². The van der Waals surface area contributed by atoms with Crippen LogP contribution in [-0.4, -0.2) is 71.9 Å². The molecule has 1 aliphatic rings. The third-order valence-corrected chi connectivity index (χ3v) is 7.65. The number of nitrogens with one attached hydrogen (secondary N) is 1. The molecule has 4 heterocycles. The molecule has 3 aromatic rings. The van der Waals surface area contributed by atoms with Crippen molar-refractivity contribution in [2.24, 2.45) is 13.0 Å². The van der Waals surface area contributed by atoms with Gasteiger partial charge in [0.1, 0.15) is 0 Å². The van der Waals surface area contributed by atoms with Gasteiger partial charge in [0.2, 0.25) is 5.95 Å². The van der Waals surface area contributed by atoms with E-state index in [-0.39, 0.29) is 17.0 Å². The Balaban J connectivity index is 1.46. The van der Waals surface area contributed by atoms with E-state index < -0.39 is 15.6 Å². The van der Waals surface area contributed by atoms with Crippen LogP contribution in [0, 0.1) is 12.8 Å². The van der Waals surface area contributed by atoms with Gasteiger partial charge in [-0.2, -0.15) is 9.40 Å². The molecule has 34 heavy (non-hydrogen) atoms. The summed E-state index contributed by atoms with van der Waals surface area (Å²) in [5.74, 6) is 0.545. The minimum atomic E-state index is -3.61. The van der Waals surface area contributed by atoms with Crippen molar-refractivity contribution in [2.75, 3.05) is 18.4 Å². The topological polar surface area (TPSA) is 131 Å². The first-order valence-corrected chi connectivity index (χ1v) is 12.7. The highest BCUT2D eigenvalue weighted by atomic mass is 32.2. The van der Waals surface area contributed by atoms with E-state index in [1.54, 1.807) is 42.5 Å². The second-order valence-corrected chi connectivity index (χ2v) is 11.6. The van der Waals surface area contributed by atoms with Crippen molar-refractivity contribution in [1.29, 1.82) is 0 Å². The quantitative estimate of drug-likeness (QED) is 0.513. The lowest BCUT2D eigenvalue weighted by Crippen LogP contribution is -2.47. The van der Waals surface area contributed by atoms with Crippen molar-refractivity contribution in [3.05, 3.63) is 36.7 Å². The summed E-state index contributed by atoms with van der Waals surface area (Å²) in [6, 6.07) is 0.0312. The van der Waals surface area contributed by atoms with E-state index in [0.717, 1.165) is 16.8 Å². The Morgan fingerprint density at radius 2 is 2.00 bits per heavy atom. The fraction of sp³-hybridized carbons (Fsp3) is 0.545. The molecule has 1 fully saturated rings. The third kappa shape index (κ3) is 5.29. The van der Waals surface area contributed by atoms with Crippen molar-refractivity contribution in [3.63, 3.8) is 0 Å². The molecule has 0 saturated carbocycles. The van der Waals surface area contributed by atoms with E-state index in [0.29, 0.717) is 32.0 Å². The van der Waals surface area contributed by atoms with Crippen molar-refractivity contribution >= 4 is 16.0 Å². The number of hydrogen-bond donors (Lipinski definition) is 2. The molecule has 2 atom stereocenters. The van der Waals surface area contributed by atoms with Gasteiger partial charge in [-0.05, 0) is 38.7 Å². The Bertz CT molecular complexity index is 1260. The Labute approximate surface area is 199 Å². The minimum absolute atomic E-state index is 0.0312. The largest absolute Gasteiger partial charge is 0.389 e. The van der Waals surface area contributed by atoms with Crippen molar-refractivity contribution < 1.29 is 13.5 Å². The normalized spacial score (nSPS) is 19.9. The van der Waals surface area contributed by atoms with Gasteiger partial charge in [0.15, 0.2) is 5.03 Å². The second-order valence-electron chi connectivity index (χ2n) is 9.72. The summed E-state index contributed by atoms with van der Waals surface area (Å²) in [4.78, 5) is 13.2. The zero-order valence-corrected chi connectivity index (χ0v) is 21.0. The van der Waals surface area contributed by atoms with Crippen LogP contribution in [0.4, 0.5) is 5.95 Å². The monoisotopic (exact) mass is 488 g/mol. The molecule has 0 unspecified atom stereocenters. The summed E-state index contributed by atoms with van der Waals surface area (Å²) >= 11 is 0. The standard InChI is InChI=1S/C22H32N8O3S/c1-15-8-23-21(27-20(15)17-9-25-29(11-17)13-22(3,4)31)26-18-6-7-30(10-16(18)2)34(32,33)19-12-28(5)14-24-19/h8-9,11-12,14,16,18,31H,6-7,10,13H2,1-5H3,(H,23,26,27)/t16-,18+/m1/s1. The Kier molecular flexibility index (Phi) is 6.49. The molecule has 3 aromatic heterocycles. The molecule has 0 amide bonds. The highest BCUT2D eigenvalue weighted by Crippen LogP contribution is 2.26. The highest BCUT2D eigenvalue weighted by Gasteiger charge is 2.35. The number of aryl methyl sites for hydroxylation is 2. The van der Waals surface area contributed by atoms with E-state index in [9.17, 15) is 13.5 Å². The van der Waals surface area contributed by atoms with E-state index >= 15 is 0 Å². The molecule has 0 aromatic carbocycles. The molecule has 1 saturated heterocycles. The number of sulfonamides is 1. The number of aromatic nitrogens is 6. The smallest absolute Gasteiger partial charge is 0.262 e. The average Bonchev–Trinajstić information content (AvgIpc) is 3.39. The lowest BCUT2D eigenvalue weighted by Gasteiger charge is -2.36. The van der Waals surface area contributed by atoms with Crippen LogP contribution in [0.15, 0.2) is 36.1 Å². The van der Waals surface area contributed by atoms with E-state index in [4.69, 9.17) is 4.98 Å². The molecule has 184 valence electrons. The van der Waals surface area contributed by atoms with Crippen molar-refractivity contribution in [3.8, 4) is 11.3 Å². The summed E-state index contributed by atoms with van der Waals surface area (Å²) in [6.45, 7) is 8.59. The van der Waals surface area contributed by atoms with Gasteiger partial charge in [0.05, 0.1) is 30.4 Å². The number of piperidine rings is 1. The minimum Gasteiger partial charge on any atom is -0.389 e. The zero-order valence-electron chi connectivity index (χ0n) is 20.2. The van der Waals surface area contributed by atoms with Gasteiger partial charge < -0.3 is 15.0 Å². The molecule has 12 heteroatoms. The summed E-state index contributed by atoms with van der Waals surface area (Å²) < 4.78 is 30.7. The van der Waals surface area contributed by atoms with Gasteiger partial charge in [-0.1, -0.05) is 6.92 Å². The first-order valence-electron chi connectivity index (χ1n) is 11.3. The van der Waals surface area contributed by atoms with Gasteiger partial charge in [0, 0.05) is 50.3 Å². The number of imidazole rings is 1. The van der Waals surface area contributed by atoms with Crippen LogP contribution in [0.1, 0.15) is 32.8 Å². The van der Waals surface area contributed by atoms with Gasteiger partial charge in [-0.3, -0.25) is 4.68 Å². The van der Waals surface area contributed by atoms with Crippen LogP contribution in [-0.2, 0) is 23.6 Å². The lowest BCUT2D eigenvalue weighted by molar-refractivity contribution is 0.0577. The van der Waals surface area contributed by atoms with Crippen LogP contribution in [0.5, 0.6) is 0 Å². The Morgan fingerprint density at radius 3 is 2.65 bits per heavy atom. The molecule has 1 aliphatic heterocycles. The SMILES string of the molecule is Cc1cnc(N[C@H]2CCN(S(=O)(=O)c3cn(C)cn3)C[C@H]2C)nc1-c1cnn(CC(C)(C)O)c1. The average molecular weight is 489 g/mol. The van der Waals surface area contributed by atoms with Gasteiger partial charge >= 0.3 is 0 Å². The molecule has 0 radical (unpaired) electrons. The van der Waals surface area contributed by atoms with Gasteiger partial charge in [-0.15, -0.1) is 0 Å². The van der Waals surface area contributed by atoms with E-state index in [1.807, 2.05) is 20.0 Å². The number of nitrogens with zero attached hydrogens (tertiary/aromatic N) is 7. The number of anilines is 1. The highest BCUT2D eigenvalue weighted by molar-refractivity contribution is 7.89. The maximum absolute atomic E-state index is 12.9. The summed E-state index contributed by atoms with van der Waals surface area (Å²) in [5.41, 5.74) is 1.66. The molecule has 0 bridgehead atoms. The molecular weight excluding hydrogens is 456 g/mol. The first kappa shape index (κ1) is 24.3. The summed E-state index contributed by atoms with van der Waals surface area (Å²) in [5, 5.41) is 17.9. The molecule has 4 rings (SSSR count). The van der Waals surface area contributed by atoms with Crippen LogP contribution in [0.3, 0.4) is 0 Å². The molecule has 0 spiro atoms. The fourth-order valence-corrected chi connectivity index (χ4v) is 5.65. The predicted octanol–water partition coefficient (Wildman–Crippen LogP) is 1.66.